The van der Waals surface area contributed by atoms with E-state index in [-0.39, 0.29) is 0 Å². The van der Waals surface area contributed by atoms with E-state index in [4.69, 9.17) is 9.98 Å². The summed E-state index contributed by atoms with van der Waals surface area (Å²) in [6.45, 7) is 6.20. The Bertz CT molecular complexity index is 836. The average Bonchev–Trinajstić information content (AvgIpc) is 3.06. The Morgan fingerprint density at radius 2 is 2.20 bits per heavy atom. The zero-order valence-corrected chi connectivity index (χ0v) is 15.6. The summed E-state index contributed by atoms with van der Waals surface area (Å²) in [6, 6.07) is 8.38. The number of hydrogen-bond acceptors (Lipinski definition) is 5. The molecule has 0 saturated heterocycles. The number of aliphatic imine (C=N–C) groups is 2. The van der Waals surface area contributed by atoms with Gasteiger partial charge in [-0.3, -0.25) is 4.99 Å². The van der Waals surface area contributed by atoms with Crippen molar-refractivity contribution in [3.8, 4) is 5.69 Å². The number of benzene rings is 1. The Morgan fingerprint density at radius 3 is 3.04 bits per heavy atom. The van der Waals surface area contributed by atoms with Crippen molar-refractivity contribution in [1.82, 2.24) is 14.7 Å². The van der Waals surface area contributed by atoms with Gasteiger partial charge in [0.2, 0.25) is 0 Å². The van der Waals surface area contributed by atoms with Crippen molar-refractivity contribution in [3.05, 3.63) is 41.6 Å². The molecule has 4 rings (SSSR count). The van der Waals surface area contributed by atoms with Gasteiger partial charge >= 0.3 is 0 Å². The van der Waals surface area contributed by atoms with Crippen LogP contribution < -0.4 is 0 Å². The van der Waals surface area contributed by atoms with E-state index in [1.54, 1.807) is 0 Å². The van der Waals surface area contributed by atoms with Gasteiger partial charge in [-0.15, -0.1) is 0 Å². The molecule has 5 nitrogen and oxygen atoms in total. The highest BCUT2D eigenvalue weighted by molar-refractivity contribution is 8.13. The summed E-state index contributed by atoms with van der Waals surface area (Å²) in [4.78, 5) is 12.1. The SMILES string of the molecule is CCCCSC1=Nc2c(cnn2-c2cccc(C)c2)C2=NCCCN12. The van der Waals surface area contributed by atoms with Crippen LogP contribution in [-0.2, 0) is 0 Å². The van der Waals surface area contributed by atoms with Crippen molar-refractivity contribution in [3.63, 3.8) is 0 Å². The summed E-state index contributed by atoms with van der Waals surface area (Å²) < 4.78 is 1.94. The van der Waals surface area contributed by atoms with E-state index in [0.717, 1.165) is 53.3 Å². The van der Waals surface area contributed by atoms with Crippen LogP contribution in [-0.4, -0.2) is 44.5 Å². The first-order chi connectivity index (χ1) is 12.3. The Morgan fingerprint density at radius 1 is 1.28 bits per heavy atom. The third-order valence-corrected chi connectivity index (χ3v) is 5.51. The molecular weight excluding hydrogens is 330 g/mol. The maximum Gasteiger partial charge on any atom is 0.171 e. The number of hydrogen-bond donors (Lipinski definition) is 0. The van der Waals surface area contributed by atoms with Crippen LogP contribution in [0.5, 0.6) is 0 Å². The van der Waals surface area contributed by atoms with Gasteiger partial charge in [0.1, 0.15) is 5.84 Å². The topological polar surface area (TPSA) is 45.8 Å². The quantitative estimate of drug-likeness (QED) is 0.775. The number of aryl methyl sites for hydroxylation is 1. The lowest BCUT2D eigenvalue weighted by molar-refractivity contribution is 0.553. The fraction of sp³-hybridized carbons (Fsp3) is 0.421. The molecule has 1 aromatic carbocycles. The van der Waals surface area contributed by atoms with Crippen molar-refractivity contribution in [2.24, 2.45) is 9.98 Å². The molecule has 0 N–H and O–H groups in total. The lowest BCUT2D eigenvalue weighted by atomic mass is 10.2. The minimum Gasteiger partial charge on any atom is -0.305 e. The highest BCUT2D eigenvalue weighted by Gasteiger charge is 2.31. The van der Waals surface area contributed by atoms with Gasteiger partial charge in [-0.1, -0.05) is 37.2 Å². The predicted octanol–water partition coefficient (Wildman–Crippen LogP) is 4.17. The molecule has 25 heavy (non-hydrogen) atoms. The van der Waals surface area contributed by atoms with E-state index in [1.807, 2.05) is 22.6 Å². The van der Waals surface area contributed by atoms with Crippen molar-refractivity contribution in [1.29, 1.82) is 0 Å². The molecule has 3 heterocycles. The minimum absolute atomic E-state index is 0.883. The lowest BCUT2D eigenvalue weighted by Crippen LogP contribution is -2.41. The summed E-state index contributed by atoms with van der Waals surface area (Å²) in [5.74, 6) is 3.03. The van der Waals surface area contributed by atoms with Crippen LogP contribution in [0.3, 0.4) is 0 Å². The smallest absolute Gasteiger partial charge is 0.171 e. The second-order valence-electron chi connectivity index (χ2n) is 6.44. The average molecular weight is 353 g/mol. The van der Waals surface area contributed by atoms with E-state index in [9.17, 15) is 0 Å². The number of nitrogens with zero attached hydrogens (tertiary/aromatic N) is 5. The molecular formula is C19H23N5S. The maximum atomic E-state index is 4.99. The molecule has 0 spiro atoms. The molecule has 2 aliphatic rings. The van der Waals surface area contributed by atoms with Gasteiger partial charge in [-0.25, -0.2) is 9.67 Å². The molecule has 130 valence electrons. The summed E-state index contributed by atoms with van der Waals surface area (Å²) in [6.07, 6.45) is 5.39. The molecule has 0 radical (unpaired) electrons. The standard InChI is InChI=1S/C19H23N5S/c1-3-4-11-25-19-22-18-16(17-20-9-6-10-23(17)19)13-21-24(18)15-8-5-7-14(2)12-15/h5,7-8,12-13H,3-4,6,9-11H2,1-2H3. The zero-order valence-electron chi connectivity index (χ0n) is 14.8. The number of unbranched alkanes of at least 4 members (excludes halogenated alkanes) is 1. The largest absolute Gasteiger partial charge is 0.305 e. The zero-order chi connectivity index (χ0) is 17.2. The molecule has 0 atom stereocenters. The fourth-order valence-electron chi connectivity index (χ4n) is 3.15. The Kier molecular flexibility index (Phi) is 4.61. The number of thioether (sulfide) groups is 1. The molecule has 0 bridgehead atoms. The highest BCUT2D eigenvalue weighted by Crippen LogP contribution is 2.33. The van der Waals surface area contributed by atoms with Crippen LogP contribution in [0.4, 0.5) is 5.82 Å². The summed E-state index contributed by atoms with van der Waals surface area (Å²) in [5, 5.41) is 5.69. The van der Waals surface area contributed by atoms with E-state index < -0.39 is 0 Å². The van der Waals surface area contributed by atoms with Gasteiger partial charge in [-0.05, 0) is 37.5 Å². The van der Waals surface area contributed by atoms with Gasteiger partial charge < -0.3 is 4.90 Å². The van der Waals surface area contributed by atoms with Gasteiger partial charge in [0, 0.05) is 18.8 Å². The third-order valence-electron chi connectivity index (χ3n) is 4.45. The van der Waals surface area contributed by atoms with E-state index in [0.29, 0.717) is 0 Å². The van der Waals surface area contributed by atoms with E-state index in [1.165, 1.54) is 18.4 Å². The molecule has 0 unspecified atom stereocenters. The number of rotatable bonds is 4. The van der Waals surface area contributed by atoms with Crippen molar-refractivity contribution in [2.75, 3.05) is 18.8 Å². The highest BCUT2D eigenvalue weighted by atomic mass is 32.2. The number of aromatic nitrogens is 2. The van der Waals surface area contributed by atoms with Crippen LogP contribution in [0.1, 0.15) is 37.3 Å². The van der Waals surface area contributed by atoms with Gasteiger partial charge in [-0.2, -0.15) is 5.10 Å². The molecule has 0 saturated carbocycles. The first-order valence-corrected chi connectivity index (χ1v) is 9.95. The van der Waals surface area contributed by atoms with E-state index in [2.05, 4.69) is 48.1 Å². The molecule has 0 amide bonds. The van der Waals surface area contributed by atoms with Crippen LogP contribution in [0.25, 0.3) is 5.69 Å². The first kappa shape index (κ1) is 16.4. The number of fused-ring (bicyclic) bond motifs is 3. The minimum atomic E-state index is 0.883. The molecule has 0 fully saturated rings. The van der Waals surface area contributed by atoms with Crippen molar-refractivity contribution >= 4 is 28.6 Å². The molecule has 1 aromatic heterocycles. The predicted molar refractivity (Wildman–Crippen MR) is 105 cm³/mol. The van der Waals surface area contributed by atoms with Crippen LogP contribution in [0.2, 0.25) is 0 Å². The fourth-order valence-corrected chi connectivity index (χ4v) is 4.25. The maximum absolute atomic E-state index is 4.99. The molecule has 2 aliphatic heterocycles. The van der Waals surface area contributed by atoms with Crippen molar-refractivity contribution in [2.45, 2.75) is 33.1 Å². The summed E-state index contributed by atoms with van der Waals surface area (Å²) in [7, 11) is 0. The Balaban J connectivity index is 1.78. The van der Waals surface area contributed by atoms with Crippen molar-refractivity contribution < 1.29 is 0 Å². The van der Waals surface area contributed by atoms with Crippen LogP contribution >= 0.6 is 11.8 Å². The van der Waals surface area contributed by atoms with Gasteiger partial charge in [0.05, 0.1) is 17.4 Å². The summed E-state index contributed by atoms with van der Waals surface area (Å²) >= 11 is 1.84. The second-order valence-corrected chi connectivity index (χ2v) is 7.50. The lowest BCUT2D eigenvalue weighted by Gasteiger charge is -2.32. The number of amidine groups is 2. The third kappa shape index (κ3) is 3.11. The van der Waals surface area contributed by atoms with Crippen LogP contribution in [0.15, 0.2) is 40.4 Å². The van der Waals surface area contributed by atoms with E-state index >= 15 is 0 Å². The molecule has 2 aromatic rings. The Hall–Kier alpha value is -2.08. The normalized spacial score (nSPS) is 16.2. The monoisotopic (exact) mass is 353 g/mol. The summed E-state index contributed by atoms with van der Waals surface area (Å²) in [5.41, 5.74) is 3.31. The Labute approximate surface area is 152 Å². The van der Waals surface area contributed by atoms with Gasteiger partial charge in [0.25, 0.3) is 0 Å². The first-order valence-electron chi connectivity index (χ1n) is 8.97. The second kappa shape index (κ2) is 7.04. The molecule has 0 aliphatic carbocycles. The van der Waals surface area contributed by atoms with Gasteiger partial charge in [0.15, 0.2) is 11.0 Å². The molecule has 6 heteroatoms. The van der Waals surface area contributed by atoms with Crippen LogP contribution in [0, 0.1) is 6.92 Å².